The second-order valence-electron chi connectivity index (χ2n) is 4.89. The van der Waals surface area contributed by atoms with E-state index in [1.807, 2.05) is 25.1 Å². The first-order chi connectivity index (χ1) is 8.29. The highest BCUT2D eigenvalue weighted by molar-refractivity contribution is 5.37. The maximum absolute atomic E-state index is 8.78. The molecular weight excluding hydrogens is 210 g/mol. The van der Waals surface area contributed by atoms with E-state index >= 15 is 0 Å². The molecule has 1 aromatic rings. The third kappa shape index (κ3) is 3.31. The number of rotatable bonds is 5. The molecule has 0 aliphatic heterocycles. The van der Waals surface area contributed by atoms with Crippen molar-refractivity contribution in [2.24, 2.45) is 5.92 Å². The highest BCUT2D eigenvalue weighted by atomic mass is 16.5. The van der Waals surface area contributed by atoms with Crippen LogP contribution in [-0.4, -0.2) is 6.61 Å². The predicted octanol–water partition coefficient (Wildman–Crippen LogP) is 3.57. The minimum absolute atomic E-state index is 0.671. The summed E-state index contributed by atoms with van der Waals surface area (Å²) >= 11 is 0. The molecule has 0 heterocycles. The van der Waals surface area contributed by atoms with Gasteiger partial charge in [-0.3, -0.25) is 0 Å². The van der Waals surface area contributed by atoms with Crippen molar-refractivity contribution in [3.63, 3.8) is 0 Å². The summed E-state index contributed by atoms with van der Waals surface area (Å²) in [5, 5.41) is 8.78. The van der Waals surface area contributed by atoms with Crippen LogP contribution >= 0.6 is 0 Å². The fourth-order valence-electron chi connectivity index (χ4n) is 2.14. The molecule has 90 valence electrons. The van der Waals surface area contributed by atoms with Crippen LogP contribution in [0.1, 0.15) is 42.4 Å². The topological polar surface area (TPSA) is 33.0 Å². The van der Waals surface area contributed by atoms with Gasteiger partial charge in [-0.25, -0.2) is 0 Å². The van der Waals surface area contributed by atoms with Gasteiger partial charge in [0.1, 0.15) is 0 Å². The molecule has 0 aromatic heterocycles. The van der Waals surface area contributed by atoms with Gasteiger partial charge in [-0.1, -0.05) is 25.3 Å². The molecule has 1 saturated carbocycles. The predicted molar refractivity (Wildman–Crippen MR) is 67.5 cm³/mol. The highest BCUT2D eigenvalue weighted by Crippen LogP contribution is 2.29. The normalized spacial score (nSPS) is 15.3. The van der Waals surface area contributed by atoms with Crippen molar-refractivity contribution in [2.75, 3.05) is 6.61 Å². The van der Waals surface area contributed by atoms with E-state index in [0.717, 1.165) is 23.7 Å². The van der Waals surface area contributed by atoms with Crippen molar-refractivity contribution in [1.82, 2.24) is 0 Å². The summed E-state index contributed by atoms with van der Waals surface area (Å²) in [6.07, 6.45) is 5.38. The largest absolute Gasteiger partial charge is 0.377 e. The SMILES string of the molecule is Cc1cc(C#N)ccc1COCCC1CCC1. The van der Waals surface area contributed by atoms with Gasteiger partial charge in [-0.2, -0.15) is 5.26 Å². The number of nitrogens with zero attached hydrogens (tertiary/aromatic N) is 1. The summed E-state index contributed by atoms with van der Waals surface area (Å²) in [7, 11) is 0. The van der Waals surface area contributed by atoms with Gasteiger partial charge in [-0.05, 0) is 42.5 Å². The molecule has 2 heteroatoms. The van der Waals surface area contributed by atoms with E-state index in [1.165, 1.54) is 31.2 Å². The molecule has 17 heavy (non-hydrogen) atoms. The van der Waals surface area contributed by atoms with Crippen molar-refractivity contribution in [3.8, 4) is 6.07 Å². The van der Waals surface area contributed by atoms with Crippen molar-refractivity contribution < 1.29 is 4.74 Å². The number of aryl methyl sites for hydroxylation is 1. The lowest BCUT2D eigenvalue weighted by Gasteiger charge is -2.24. The summed E-state index contributed by atoms with van der Waals surface area (Å²) in [6, 6.07) is 7.93. The van der Waals surface area contributed by atoms with Gasteiger partial charge in [-0.15, -0.1) is 0 Å². The smallest absolute Gasteiger partial charge is 0.0991 e. The van der Waals surface area contributed by atoms with Crippen molar-refractivity contribution in [3.05, 3.63) is 34.9 Å². The molecule has 1 aliphatic carbocycles. The molecule has 2 rings (SSSR count). The molecule has 0 radical (unpaired) electrons. The minimum atomic E-state index is 0.671. The number of nitriles is 1. The minimum Gasteiger partial charge on any atom is -0.377 e. The number of hydrogen-bond acceptors (Lipinski definition) is 2. The zero-order valence-corrected chi connectivity index (χ0v) is 10.4. The van der Waals surface area contributed by atoms with Crippen LogP contribution in [0.5, 0.6) is 0 Å². The number of hydrogen-bond donors (Lipinski definition) is 0. The maximum atomic E-state index is 8.78. The molecule has 1 fully saturated rings. The number of ether oxygens (including phenoxy) is 1. The quantitative estimate of drug-likeness (QED) is 0.723. The lowest BCUT2D eigenvalue weighted by Crippen LogP contribution is -2.13. The van der Waals surface area contributed by atoms with Crippen LogP contribution in [0.3, 0.4) is 0 Å². The van der Waals surface area contributed by atoms with Crippen molar-refractivity contribution in [2.45, 2.75) is 39.2 Å². The Labute approximate surface area is 103 Å². The van der Waals surface area contributed by atoms with Crippen LogP contribution in [0, 0.1) is 24.2 Å². The Morgan fingerprint density at radius 3 is 2.82 bits per heavy atom. The van der Waals surface area contributed by atoms with Gasteiger partial charge in [0.05, 0.1) is 18.2 Å². The Bertz CT molecular complexity index is 415. The average molecular weight is 229 g/mol. The van der Waals surface area contributed by atoms with Gasteiger partial charge in [0.2, 0.25) is 0 Å². The van der Waals surface area contributed by atoms with Gasteiger partial charge in [0.15, 0.2) is 0 Å². The summed E-state index contributed by atoms with van der Waals surface area (Å²) in [5.41, 5.74) is 3.06. The maximum Gasteiger partial charge on any atom is 0.0991 e. The fourth-order valence-corrected chi connectivity index (χ4v) is 2.14. The Balaban J connectivity index is 1.76. The lowest BCUT2D eigenvalue weighted by atomic mass is 9.83. The molecule has 1 aliphatic rings. The van der Waals surface area contributed by atoms with E-state index in [2.05, 4.69) is 6.07 Å². The van der Waals surface area contributed by atoms with Crippen LogP contribution in [0.15, 0.2) is 18.2 Å². The summed E-state index contributed by atoms with van der Waals surface area (Å²) in [6.45, 7) is 3.57. The molecule has 0 bridgehead atoms. The lowest BCUT2D eigenvalue weighted by molar-refractivity contribution is 0.0947. The molecule has 0 saturated heterocycles. The summed E-state index contributed by atoms with van der Waals surface area (Å²) in [5.74, 6) is 0.914. The molecular formula is C15H19NO. The first-order valence-corrected chi connectivity index (χ1v) is 6.37. The first-order valence-electron chi connectivity index (χ1n) is 6.37. The summed E-state index contributed by atoms with van der Waals surface area (Å²) < 4.78 is 5.70. The second-order valence-corrected chi connectivity index (χ2v) is 4.89. The first kappa shape index (κ1) is 12.1. The zero-order valence-electron chi connectivity index (χ0n) is 10.4. The molecule has 0 spiro atoms. The monoisotopic (exact) mass is 229 g/mol. The standard InChI is InChI=1S/C15H19NO/c1-12-9-14(10-16)5-6-15(12)11-17-8-7-13-3-2-4-13/h5-6,9,13H,2-4,7-8,11H2,1H3. The Hall–Kier alpha value is -1.33. The number of benzene rings is 1. The molecule has 0 amide bonds. The molecule has 0 atom stereocenters. The van der Waals surface area contributed by atoms with Crippen LogP contribution in [0.25, 0.3) is 0 Å². The highest BCUT2D eigenvalue weighted by Gasteiger charge is 2.16. The van der Waals surface area contributed by atoms with E-state index in [4.69, 9.17) is 10.00 Å². The van der Waals surface area contributed by atoms with Crippen LogP contribution < -0.4 is 0 Å². The second kappa shape index (κ2) is 5.84. The Kier molecular flexibility index (Phi) is 4.17. The van der Waals surface area contributed by atoms with E-state index in [0.29, 0.717) is 6.61 Å². The van der Waals surface area contributed by atoms with Gasteiger partial charge < -0.3 is 4.74 Å². The summed E-state index contributed by atoms with van der Waals surface area (Å²) in [4.78, 5) is 0. The average Bonchev–Trinajstić information content (AvgIpc) is 2.28. The fraction of sp³-hybridized carbons (Fsp3) is 0.533. The zero-order chi connectivity index (χ0) is 12.1. The third-order valence-corrected chi connectivity index (χ3v) is 3.62. The Morgan fingerprint density at radius 2 is 2.24 bits per heavy atom. The van der Waals surface area contributed by atoms with Crippen LogP contribution in [0.4, 0.5) is 0 Å². The van der Waals surface area contributed by atoms with Crippen molar-refractivity contribution >= 4 is 0 Å². The van der Waals surface area contributed by atoms with Crippen molar-refractivity contribution in [1.29, 1.82) is 5.26 Å². The molecule has 1 aromatic carbocycles. The molecule has 2 nitrogen and oxygen atoms in total. The van der Waals surface area contributed by atoms with E-state index in [1.54, 1.807) is 0 Å². The third-order valence-electron chi connectivity index (χ3n) is 3.62. The van der Waals surface area contributed by atoms with Crippen LogP contribution in [-0.2, 0) is 11.3 Å². The van der Waals surface area contributed by atoms with E-state index in [9.17, 15) is 0 Å². The molecule has 0 unspecified atom stereocenters. The van der Waals surface area contributed by atoms with Gasteiger partial charge in [0, 0.05) is 6.61 Å². The Morgan fingerprint density at radius 1 is 1.41 bits per heavy atom. The van der Waals surface area contributed by atoms with E-state index < -0.39 is 0 Å². The van der Waals surface area contributed by atoms with E-state index in [-0.39, 0.29) is 0 Å². The van der Waals surface area contributed by atoms with Gasteiger partial charge >= 0.3 is 0 Å². The molecule has 0 N–H and O–H groups in total. The van der Waals surface area contributed by atoms with Gasteiger partial charge in [0.25, 0.3) is 0 Å². The van der Waals surface area contributed by atoms with Crippen LogP contribution in [0.2, 0.25) is 0 Å².